The highest BCUT2D eigenvalue weighted by molar-refractivity contribution is 5.76. The van der Waals surface area contributed by atoms with Gasteiger partial charge < -0.3 is 9.84 Å². The van der Waals surface area contributed by atoms with Gasteiger partial charge in [0, 0.05) is 19.0 Å². The second kappa shape index (κ2) is 6.17. The van der Waals surface area contributed by atoms with Crippen molar-refractivity contribution in [2.24, 2.45) is 5.92 Å². The van der Waals surface area contributed by atoms with Crippen LogP contribution in [0.5, 0.6) is 0 Å². The van der Waals surface area contributed by atoms with Crippen molar-refractivity contribution in [1.29, 1.82) is 0 Å². The third-order valence-electron chi connectivity index (χ3n) is 3.68. The molecule has 0 aromatic carbocycles. The standard InChI is InChI=1S/C13H23NO3/c1-5-6-9(2)10(3)14-8-11(15)7-12(14)13(16)17-4/h5,9-12,15H,1,6-8H2,2-4H3/t9-,10-,11-,12-/m0/s1. The summed E-state index contributed by atoms with van der Waals surface area (Å²) in [6.07, 6.45) is 2.83. The summed E-state index contributed by atoms with van der Waals surface area (Å²) in [5.74, 6) is 0.157. The van der Waals surface area contributed by atoms with Crippen molar-refractivity contribution in [3.05, 3.63) is 12.7 Å². The van der Waals surface area contributed by atoms with E-state index in [-0.39, 0.29) is 18.1 Å². The number of allylic oxidation sites excluding steroid dienone is 1. The minimum Gasteiger partial charge on any atom is -0.468 e. The number of nitrogens with zero attached hydrogens (tertiary/aromatic N) is 1. The smallest absolute Gasteiger partial charge is 0.323 e. The molecule has 0 aliphatic carbocycles. The molecule has 0 bridgehead atoms. The van der Waals surface area contributed by atoms with Crippen molar-refractivity contribution in [3.63, 3.8) is 0 Å². The third-order valence-corrected chi connectivity index (χ3v) is 3.68. The van der Waals surface area contributed by atoms with Crippen LogP contribution in [0, 0.1) is 5.92 Å². The molecule has 0 saturated carbocycles. The molecule has 98 valence electrons. The number of β-amino-alcohol motifs (C(OH)–C–C–N with tert-alkyl or cyclic N) is 1. The lowest BCUT2D eigenvalue weighted by atomic mass is 9.98. The largest absolute Gasteiger partial charge is 0.468 e. The number of esters is 1. The van der Waals surface area contributed by atoms with Gasteiger partial charge in [-0.05, 0) is 19.3 Å². The first-order chi connectivity index (χ1) is 8.01. The molecule has 1 fully saturated rings. The SMILES string of the molecule is C=CC[C@H](C)[C@H](C)N1C[C@@H](O)C[C@H]1C(=O)OC. The molecular weight excluding hydrogens is 218 g/mol. The molecule has 17 heavy (non-hydrogen) atoms. The zero-order valence-electron chi connectivity index (χ0n) is 10.9. The van der Waals surface area contributed by atoms with Crippen LogP contribution in [0.4, 0.5) is 0 Å². The highest BCUT2D eigenvalue weighted by atomic mass is 16.5. The molecule has 4 atom stereocenters. The molecule has 0 amide bonds. The van der Waals surface area contributed by atoms with E-state index in [1.807, 2.05) is 11.0 Å². The van der Waals surface area contributed by atoms with Crippen LogP contribution in [-0.4, -0.2) is 47.8 Å². The maximum Gasteiger partial charge on any atom is 0.323 e. The monoisotopic (exact) mass is 241 g/mol. The van der Waals surface area contributed by atoms with E-state index in [0.717, 1.165) is 6.42 Å². The van der Waals surface area contributed by atoms with E-state index >= 15 is 0 Å². The molecule has 1 rings (SSSR count). The Morgan fingerprint density at radius 2 is 2.29 bits per heavy atom. The maximum absolute atomic E-state index is 11.7. The molecule has 0 spiro atoms. The molecule has 4 nitrogen and oxygen atoms in total. The van der Waals surface area contributed by atoms with Crippen LogP contribution in [0.2, 0.25) is 0 Å². The van der Waals surface area contributed by atoms with Gasteiger partial charge in [0.25, 0.3) is 0 Å². The molecule has 1 saturated heterocycles. The Labute approximate surface area is 103 Å². The first kappa shape index (κ1) is 14.2. The highest BCUT2D eigenvalue weighted by Crippen LogP contribution is 2.26. The fourth-order valence-electron chi connectivity index (χ4n) is 2.44. The van der Waals surface area contributed by atoms with Gasteiger partial charge in [0.15, 0.2) is 0 Å². The van der Waals surface area contributed by atoms with Gasteiger partial charge in [-0.15, -0.1) is 6.58 Å². The normalized spacial score (nSPS) is 28.7. The van der Waals surface area contributed by atoms with Crippen LogP contribution in [0.25, 0.3) is 0 Å². The summed E-state index contributed by atoms with van der Waals surface area (Å²) in [5, 5.41) is 9.71. The number of carbonyl (C=O) groups excluding carboxylic acids is 1. The molecule has 4 heteroatoms. The Morgan fingerprint density at radius 1 is 1.65 bits per heavy atom. The summed E-state index contributed by atoms with van der Waals surface area (Å²) in [6.45, 7) is 8.50. The van der Waals surface area contributed by atoms with E-state index in [9.17, 15) is 9.90 Å². The third kappa shape index (κ3) is 3.30. The van der Waals surface area contributed by atoms with E-state index in [2.05, 4.69) is 20.4 Å². The minimum atomic E-state index is -0.433. The van der Waals surface area contributed by atoms with Crippen LogP contribution in [0.15, 0.2) is 12.7 Å². The molecular formula is C13H23NO3. The Kier molecular flexibility index (Phi) is 5.15. The molecule has 0 aromatic rings. The number of hydrogen-bond acceptors (Lipinski definition) is 4. The van der Waals surface area contributed by atoms with Gasteiger partial charge in [-0.25, -0.2) is 0 Å². The quantitative estimate of drug-likeness (QED) is 0.580. The molecule has 0 unspecified atom stereocenters. The van der Waals surface area contributed by atoms with Crippen LogP contribution in [-0.2, 0) is 9.53 Å². The zero-order valence-corrected chi connectivity index (χ0v) is 10.9. The number of rotatable bonds is 5. The lowest BCUT2D eigenvalue weighted by Gasteiger charge is -2.32. The van der Waals surface area contributed by atoms with Crippen LogP contribution in [0.3, 0.4) is 0 Å². The van der Waals surface area contributed by atoms with Gasteiger partial charge >= 0.3 is 5.97 Å². The molecule has 0 radical (unpaired) electrons. The van der Waals surface area contributed by atoms with Crippen molar-refractivity contribution in [3.8, 4) is 0 Å². The number of aliphatic hydroxyl groups is 1. The van der Waals surface area contributed by atoms with Gasteiger partial charge in [0.2, 0.25) is 0 Å². The van der Waals surface area contributed by atoms with E-state index < -0.39 is 6.10 Å². The van der Waals surface area contributed by atoms with Crippen LogP contribution in [0.1, 0.15) is 26.7 Å². The topological polar surface area (TPSA) is 49.8 Å². The number of likely N-dealkylation sites (tertiary alicyclic amines) is 1. The molecule has 0 aromatic heterocycles. The Hall–Kier alpha value is -0.870. The zero-order chi connectivity index (χ0) is 13.0. The molecule has 1 aliphatic rings. The maximum atomic E-state index is 11.7. The highest BCUT2D eigenvalue weighted by Gasteiger charge is 2.40. The van der Waals surface area contributed by atoms with Crippen LogP contribution >= 0.6 is 0 Å². The second-order valence-electron chi connectivity index (χ2n) is 4.87. The predicted molar refractivity (Wildman–Crippen MR) is 66.6 cm³/mol. The van der Waals surface area contributed by atoms with Gasteiger partial charge in [0.05, 0.1) is 13.2 Å². The Balaban J connectivity index is 2.72. The molecule has 1 heterocycles. The predicted octanol–water partition coefficient (Wildman–Crippen LogP) is 1.20. The van der Waals surface area contributed by atoms with Crippen LogP contribution < -0.4 is 0 Å². The first-order valence-electron chi connectivity index (χ1n) is 6.13. The number of hydrogen-bond donors (Lipinski definition) is 1. The van der Waals surface area contributed by atoms with Crippen molar-refractivity contribution < 1.29 is 14.6 Å². The van der Waals surface area contributed by atoms with E-state index in [0.29, 0.717) is 18.9 Å². The lowest BCUT2D eigenvalue weighted by molar-refractivity contribution is -0.146. The minimum absolute atomic E-state index is 0.231. The average molecular weight is 241 g/mol. The van der Waals surface area contributed by atoms with Crippen molar-refractivity contribution in [2.45, 2.75) is 44.9 Å². The summed E-state index contributed by atoms with van der Waals surface area (Å²) in [6, 6.07) is -0.0773. The fraction of sp³-hybridized carbons (Fsp3) is 0.769. The Bertz CT molecular complexity index is 280. The number of methoxy groups -OCH3 is 1. The second-order valence-corrected chi connectivity index (χ2v) is 4.87. The summed E-state index contributed by atoms with van der Waals surface area (Å²) in [4.78, 5) is 13.7. The number of ether oxygens (including phenoxy) is 1. The van der Waals surface area contributed by atoms with E-state index in [1.54, 1.807) is 0 Å². The van der Waals surface area contributed by atoms with E-state index in [4.69, 9.17) is 4.74 Å². The van der Waals surface area contributed by atoms with Gasteiger partial charge in [-0.2, -0.15) is 0 Å². The molecule has 1 N–H and O–H groups in total. The van der Waals surface area contributed by atoms with Crippen molar-refractivity contribution in [1.82, 2.24) is 4.90 Å². The first-order valence-corrected chi connectivity index (χ1v) is 6.13. The van der Waals surface area contributed by atoms with Crippen molar-refractivity contribution >= 4 is 5.97 Å². The summed E-state index contributed by atoms with van der Waals surface area (Å²) >= 11 is 0. The van der Waals surface area contributed by atoms with E-state index in [1.165, 1.54) is 7.11 Å². The summed E-state index contributed by atoms with van der Waals surface area (Å²) in [7, 11) is 1.39. The van der Waals surface area contributed by atoms with Gasteiger partial charge in [-0.1, -0.05) is 13.0 Å². The van der Waals surface area contributed by atoms with Gasteiger partial charge in [-0.3, -0.25) is 9.69 Å². The number of aliphatic hydroxyl groups excluding tert-OH is 1. The average Bonchev–Trinajstić information content (AvgIpc) is 2.69. The molecule has 1 aliphatic heterocycles. The lowest BCUT2D eigenvalue weighted by Crippen LogP contribution is -2.45. The fourth-order valence-corrected chi connectivity index (χ4v) is 2.44. The van der Waals surface area contributed by atoms with Crippen molar-refractivity contribution in [2.75, 3.05) is 13.7 Å². The van der Waals surface area contributed by atoms with Gasteiger partial charge in [0.1, 0.15) is 6.04 Å². The Morgan fingerprint density at radius 3 is 2.82 bits per heavy atom. The number of carbonyl (C=O) groups is 1. The summed E-state index contributed by atoms with van der Waals surface area (Å²) < 4.78 is 4.79. The summed E-state index contributed by atoms with van der Waals surface area (Å²) in [5.41, 5.74) is 0.